The van der Waals surface area contributed by atoms with Gasteiger partial charge in [-0.3, -0.25) is 4.79 Å². The van der Waals surface area contributed by atoms with Crippen LogP contribution in [0.5, 0.6) is 0 Å². The van der Waals surface area contributed by atoms with Crippen LogP contribution >= 0.6 is 0 Å². The lowest BCUT2D eigenvalue weighted by Crippen LogP contribution is -2.46. The van der Waals surface area contributed by atoms with Crippen molar-refractivity contribution in [2.45, 2.75) is 73.8 Å². The lowest BCUT2D eigenvalue weighted by Gasteiger charge is -2.37. The van der Waals surface area contributed by atoms with Gasteiger partial charge in [0.05, 0.1) is 0 Å². The second kappa shape index (κ2) is 5.22. The minimum absolute atomic E-state index is 0.263. The van der Waals surface area contributed by atoms with E-state index in [0.717, 1.165) is 18.9 Å². The number of nitrogens with zero attached hydrogens (tertiary/aromatic N) is 1. The Labute approximate surface area is 113 Å². The molecule has 1 atom stereocenters. The largest absolute Gasteiger partial charge is 0.339 e. The summed E-state index contributed by atoms with van der Waals surface area (Å²) in [7, 11) is 0. The molecule has 1 aliphatic rings. The third kappa shape index (κ3) is 4.99. The summed E-state index contributed by atoms with van der Waals surface area (Å²) in [5.74, 6) is 1.07. The first kappa shape index (κ1) is 15.5. The van der Waals surface area contributed by atoms with E-state index in [1.165, 1.54) is 12.8 Å². The van der Waals surface area contributed by atoms with Gasteiger partial charge in [0.15, 0.2) is 0 Å². The van der Waals surface area contributed by atoms with E-state index in [0.29, 0.717) is 11.9 Å². The van der Waals surface area contributed by atoms with Gasteiger partial charge in [-0.1, -0.05) is 41.5 Å². The smallest absolute Gasteiger partial charge is 0.228 e. The maximum Gasteiger partial charge on any atom is 0.228 e. The van der Waals surface area contributed by atoms with Crippen molar-refractivity contribution < 1.29 is 4.79 Å². The molecule has 0 unspecified atom stereocenters. The zero-order valence-electron chi connectivity index (χ0n) is 13.3. The number of hydrogen-bond acceptors (Lipinski definition) is 1. The molecule has 0 N–H and O–H groups in total. The van der Waals surface area contributed by atoms with Crippen molar-refractivity contribution in [2.24, 2.45) is 16.7 Å². The van der Waals surface area contributed by atoms with E-state index in [4.69, 9.17) is 0 Å². The summed E-state index contributed by atoms with van der Waals surface area (Å²) in [5, 5.41) is 0. The fraction of sp³-hybridized carbons (Fsp3) is 0.938. The number of carbonyl (C=O) groups is 1. The molecule has 18 heavy (non-hydrogen) atoms. The predicted molar refractivity (Wildman–Crippen MR) is 77.4 cm³/mol. The summed E-state index contributed by atoms with van der Waals surface area (Å²) in [6.07, 6.45) is 3.67. The fourth-order valence-electron chi connectivity index (χ4n) is 2.47. The first-order valence-electron chi connectivity index (χ1n) is 7.32. The summed E-state index contributed by atoms with van der Waals surface area (Å²) in [5.41, 5.74) is 0.0143. The normalized spacial score (nSPS) is 18.6. The Hall–Kier alpha value is -0.530. The predicted octanol–water partition coefficient (Wildman–Crippen LogP) is 4.10. The topological polar surface area (TPSA) is 20.3 Å². The Morgan fingerprint density at radius 3 is 2.00 bits per heavy atom. The van der Waals surface area contributed by atoms with Gasteiger partial charge in [0.1, 0.15) is 0 Å². The summed E-state index contributed by atoms with van der Waals surface area (Å²) >= 11 is 0. The molecular formula is C16H31NO. The summed E-state index contributed by atoms with van der Waals surface area (Å²) in [6.45, 7) is 16.0. The van der Waals surface area contributed by atoms with Gasteiger partial charge in [0, 0.05) is 18.0 Å². The van der Waals surface area contributed by atoms with Crippen molar-refractivity contribution >= 4 is 5.91 Å². The maximum atomic E-state index is 12.6. The van der Waals surface area contributed by atoms with E-state index in [-0.39, 0.29) is 10.8 Å². The van der Waals surface area contributed by atoms with Crippen LogP contribution < -0.4 is 0 Å². The highest BCUT2D eigenvalue weighted by Gasteiger charge is 2.35. The van der Waals surface area contributed by atoms with Crippen LogP contribution in [-0.4, -0.2) is 23.4 Å². The van der Waals surface area contributed by atoms with Crippen molar-refractivity contribution in [3.63, 3.8) is 0 Å². The average Bonchev–Trinajstić information content (AvgIpc) is 2.91. The zero-order chi connectivity index (χ0) is 14.1. The molecule has 0 radical (unpaired) electrons. The molecule has 1 saturated carbocycles. The maximum absolute atomic E-state index is 12.6. The van der Waals surface area contributed by atoms with E-state index in [1.807, 2.05) is 20.8 Å². The number of carbonyl (C=O) groups excluding carboxylic acids is 1. The Morgan fingerprint density at radius 1 is 1.17 bits per heavy atom. The van der Waals surface area contributed by atoms with Crippen LogP contribution in [0, 0.1) is 16.7 Å². The fourth-order valence-corrected chi connectivity index (χ4v) is 2.47. The molecule has 1 amide bonds. The SMILES string of the molecule is C[C@@H](CC(C)(C)C)N(CC1CC1)C(=O)C(C)(C)C. The van der Waals surface area contributed by atoms with Crippen molar-refractivity contribution in [1.82, 2.24) is 4.90 Å². The number of amides is 1. The Bertz CT molecular complexity index is 291. The van der Waals surface area contributed by atoms with E-state index in [9.17, 15) is 4.79 Å². The second-order valence-electron chi connectivity index (χ2n) is 8.26. The Kier molecular flexibility index (Phi) is 4.51. The van der Waals surface area contributed by atoms with E-state index < -0.39 is 0 Å². The molecule has 1 aliphatic carbocycles. The third-order valence-electron chi connectivity index (χ3n) is 3.49. The zero-order valence-corrected chi connectivity index (χ0v) is 13.3. The molecule has 0 bridgehead atoms. The van der Waals surface area contributed by atoms with Crippen LogP contribution in [-0.2, 0) is 4.79 Å². The molecule has 0 aromatic heterocycles. The molecule has 2 heteroatoms. The van der Waals surface area contributed by atoms with E-state index in [2.05, 4.69) is 32.6 Å². The van der Waals surface area contributed by atoms with Crippen LogP contribution in [0.15, 0.2) is 0 Å². The minimum Gasteiger partial charge on any atom is -0.339 e. The molecule has 106 valence electrons. The molecular weight excluding hydrogens is 222 g/mol. The summed E-state index contributed by atoms with van der Waals surface area (Å²) < 4.78 is 0. The number of rotatable bonds is 4. The molecule has 0 aromatic rings. The lowest BCUT2D eigenvalue weighted by molar-refractivity contribution is -0.142. The van der Waals surface area contributed by atoms with Crippen LogP contribution in [0.2, 0.25) is 0 Å². The summed E-state index contributed by atoms with van der Waals surface area (Å²) in [4.78, 5) is 14.7. The summed E-state index contributed by atoms with van der Waals surface area (Å²) in [6, 6.07) is 0.345. The molecule has 1 fully saturated rings. The van der Waals surface area contributed by atoms with Gasteiger partial charge in [-0.25, -0.2) is 0 Å². The molecule has 0 saturated heterocycles. The first-order chi connectivity index (χ1) is 8.00. The van der Waals surface area contributed by atoms with Gasteiger partial charge in [0.2, 0.25) is 5.91 Å². The minimum atomic E-state index is -0.263. The first-order valence-corrected chi connectivity index (χ1v) is 7.32. The lowest BCUT2D eigenvalue weighted by atomic mass is 9.86. The standard InChI is InChI=1S/C16H31NO/c1-12(10-15(2,3)4)17(11-13-8-9-13)14(18)16(5,6)7/h12-13H,8-11H2,1-7H3/t12-/m0/s1. The van der Waals surface area contributed by atoms with Gasteiger partial charge >= 0.3 is 0 Å². The van der Waals surface area contributed by atoms with Crippen LogP contribution in [0.4, 0.5) is 0 Å². The van der Waals surface area contributed by atoms with Gasteiger partial charge in [-0.05, 0) is 37.5 Å². The molecule has 0 aromatic carbocycles. The molecule has 0 heterocycles. The molecule has 2 nitrogen and oxygen atoms in total. The Balaban J connectivity index is 2.73. The van der Waals surface area contributed by atoms with E-state index >= 15 is 0 Å². The monoisotopic (exact) mass is 253 g/mol. The Morgan fingerprint density at radius 2 is 1.67 bits per heavy atom. The van der Waals surface area contributed by atoms with Crippen molar-refractivity contribution in [1.29, 1.82) is 0 Å². The molecule has 0 spiro atoms. The highest BCUT2D eigenvalue weighted by atomic mass is 16.2. The highest BCUT2D eigenvalue weighted by Crippen LogP contribution is 2.34. The molecule has 0 aliphatic heterocycles. The molecule has 1 rings (SSSR count). The van der Waals surface area contributed by atoms with Gasteiger partial charge in [-0.15, -0.1) is 0 Å². The van der Waals surface area contributed by atoms with Gasteiger partial charge in [-0.2, -0.15) is 0 Å². The number of hydrogen-bond donors (Lipinski definition) is 0. The van der Waals surface area contributed by atoms with E-state index in [1.54, 1.807) is 0 Å². The van der Waals surface area contributed by atoms with Crippen molar-refractivity contribution in [3.8, 4) is 0 Å². The third-order valence-corrected chi connectivity index (χ3v) is 3.49. The van der Waals surface area contributed by atoms with Crippen LogP contribution in [0.3, 0.4) is 0 Å². The van der Waals surface area contributed by atoms with Crippen molar-refractivity contribution in [2.75, 3.05) is 6.54 Å². The van der Waals surface area contributed by atoms with Crippen LogP contribution in [0.1, 0.15) is 67.7 Å². The van der Waals surface area contributed by atoms with Gasteiger partial charge in [0.25, 0.3) is 0 Å². The highest BCUT2D eigenvalue weighted by molar-refractivity contribution is 5.81. The average molecular weight is 253 g/mol. The van der Waals surface area contributed by atoms with Gasteiger partial charge < -0.3 is 4.90 Å². The van der Waals surface area contributed by atoms with Crippen molar-refractivity contribution in [3.05, 3.63) is 0 Å². The van der Waals surface area contributed by atoms with Crippen LogP contribution in [0.25, 0.3) is 0 Å². The second-order valence-corrected chi connectivity index (χ2v) is 8.26. The quantitative estimate of drug-likeness (QED) is 0.739.